The fraction of sp³-hybridized carbons (Fsp3) is 0.481. The Morgan fingerprint density at radius 2 is 1.62 bits per heavy atom. The third-order valence-electron chi connectivity index (χ3n) is 6.84. The quantitative estimate of drug-likeness (QED) is 0.394. The molecular formula is C27H34ClN3O3. The van der Waals surface area contributed by atoms with Gasteiger partial charge in [0, 0.05) is 54.9 Å². The van der Waals surface area contributed by atoms with Gasteiger partial charge in [0.05, 0.1) is 13.2 Å². The molecular weight excluding hydrogens is 450 g/mol. The second kappa shape index (κ2) is 11.8. The second-order valence-electron chi connectivity index (χ2n) is 9.25. The standard InChI is InChI=1S/C27H34ClN3O3/c1-21-4-2-13-30(21)14-3-19-34-25-11-7-22(8-12-25)26(32)20-29-15-17-31(18-16-29)27(33)23-5-9-24(28)10-6-23/h5-12,21H,2-4,13-20H2,1H3/t21-/m1/s1. The Bertz CT molecular complexity index is 956. The van der Waals surface area contributed by atoms with Crippen molar-refractivity contribution in [2.24, 2.45) is 0 Å². The van der Waals surface area contributed by atoms with Crippen molar-refractivity contribution >= 4 is 23.3 Å². The van der Waals surface area contributed by atoms with Crippen molar-refractivity contribution in [3.63, 3.8) is 0 Å². The third kappa shape index (κ3) is 6.59. The van der Waals surface area contributed by atoms with Crippen LogP contribution in [0.3, 0.4) is 0 Å². The van der Waals surface area contributed by atoms with Crippen LogP contribution in [-0.2, 0) is 0 Å². The van der Waals surface area contributed by atoms with Crippen LogP contribution in [0.4, 0.5) is 0 Å². The number of rotatable bonds is 9. The van der Waals surface area contributed by atoms with Gasteiger partial charge in [0.15, 0.2) is 5.78 Å². The lowest BCUT2D eigenvalue weighted by atomic mass is 10.1. The van der Waals surface area contributed by atoms with Gasteiger partial charge in [-0.25, -0.2) is 0 Å². The zero-order valence-electron chi connectivity index (χ0n) is 19.9. The van der Waals surface area contributed by atoms with Gasteiger partial charge in [0.25, 0.3) is 5.91 Å². The van der Waals surface area contributed by atoms with Crippen LogP contribution in [0.2, 0.25) is 5.02 Å². The van der Waals surface area contributed by atoms with Crippen LogP contribution < -0.4 is 4.74 Å². The van der Waals surface area contributed by atoms with E-state index < -0.39 is 0 Å². The molecule has 4 rings (SSSR count). The minimum absolute atomic E-state index is 0.00757. The average Bonchev–Trinajstić information content (AvgIpc) is 3.27. The number of benzene rings is 2. The van der Waals surface area contributed by atoms with Crippen molar-refractivity contribution in [2.75, 3.05) is 52.4 Å². The number of amides is 1. The van der Waals surface area contributed by atoms with Crippen molar-refractivity contribution in [3.05, 3.63) is 64.7 Å². The van der Waals surface area contributed by atoms with Crippen LogP contribution in [0, 0.1) is 0 Å². The van der Waals surface area contributed by atoms with Gasteiger partial charge in [0.2, 0.25) is 0 Å². The van der Waals surface area contributed by atoms with E-state index >= 15 is 0 Å². The second-order valence-corrected chi connectivity index (χ2v) is 9.69. The number of ketones is 1. The van der Waals surface area contributed by atoms with E-state index in [4.69, 9.17) is 16.3 Å². The molecule has 0 bridgehead atoms. The van der Waals surface area contributed by atoms with Crippen molar-refractivity contribution in [1.82, 2.24) is 14.7 Å². The fourth-order valence-electron chi connectivity index (χ4n) is 4.70. The first-order chi connectivity index (χ1) is 16.5. The number of carbonyl (C=O) groups is 2. The number of piperazine rings is 1. The number of halogens is 1. The Balaban J connectivity index is 1.17. The smallest absolute Gasteiger partial charge is 0.253 e. The number of hydrogen-bond donors (Lipinski definition) is 0. The molecule has 2 fully saturated rings. The van der Waals surface area contributed by atoms with Crippen molar-refractivity contribution in [3.8, 4) is 5.75 Å². The molecule has 2 heterocycles. The molecule has 0 aromatic heterocycles. The highest BCUT2D eigenvalue weighted by molar-refractivity contribution is 6.30. The molecule has 1 amide bonds. The summed E-state index contributed by atoms with van der Waals surface area (Å²) in [5.41, 5.74) is 1.33. The lowest BCUT2D eigenvalue weighted by molar-refractivity contribution is 0.0624. The monoisotopic (exact) mass is 483 g/mol. The molecule has 2 saturated heterocycles. The number of carbonyl (C=O) groups excluding carboxylic acids is 2. The molecule has 0 unspecified atom stereocenters. The summed E-state index contributed by atoms with van der Waals surface area (Å²) in [7, 11) is 0. The minimum Gasteiger partial charge on any atom is -0.494 e. The fourth-order valence-corrected chi connectivity index (χ4v) is 4.82. The summed E-state index contributed by atoms with van der Waals surface area (Å²) in [5.74, 6) is 0.903. The van der Waals surface area contributed by atoms with Crippen molar-refractivity contribution in [1.29, 1.82) is 0 Å². The molecule has 0 spiro atoms. The third-order valence-corrected chi connectivity index (χ3v) is 7.10. The van der Waals surface area contributed by atoms with Gasteiger partial charge in [0.1, 0.15) is 5.75 Å². The number of nitrogens with zero attached hydrogens (tertiary/aromatic N) is 3. The molecule has 0 aliphatic carbocycles. The van der Waals surface area contributed by atoms with Gasteiger partial charge >= 0.3 is 0 Å². The van der Waals surface area contributed by atoms with Crippen molar-refractivity contribution in [2.45, 2.75) is 32.2 Å². The Morgan fingerprint density at radius 3 is 2.26 bits per heavy atom. The Labute approximate surface area is 207 Å². The van der Waals surface area contributed by atoms with Gasteiger partial charge in [-0.3, -0.25) is 14.5 Å². The van der Waals surface area contributed by atoms with E-state index in [0.29, 0.717) is 61.5 Å². The first-order valence-corrected chi connectivity index (χ1v) is 12.6. The molecule has 2 aliphatic rings. The summed E-state index contributed by atoms with van der Waals surface area (Å²) in [4.78, 5) is 31.9. The first kappa shape index (κ1) is 24.7. The van der Waals surface area contributed by atoms with Crippen LogP contribution in [0.5, 0.6) is 5.75 Å². The van der Waals surface area contributed by atoms with Gasteiger partial charge in [-0.15, -0.1) is 0 Å². The summed E-state index contributed by atoms with van der Waals surface area (Å²) in [6.07, 6.45) is 3.61. The van der Waals surface area contributed by atoms with Gasteiger partial charge in [-0.1, -0.05) is 11.6 Å². The van der Waals surface area contributed by atoms with Gasteiger partial charge in [-0.2, -0.15) is 0 Å². The number of hydrogen-bond acceptors (Lipinski definition) is 5. The van der Waals surface area contributed by atoms with Gasteiger partial charge in [-0.05, 0) is 81.3 Å². The minimum atomic E-state index is 0.00757. The van der Waals surface area contributed by atoms with Crippen LogP contribution in [-0.4, -0.2) is 84.9 Å². The zero-order valence-corrected chi connectivity index (χ0v) is 20.7. The molecule has 34 heavy (non-hydrogen) atoms. The maximum Gasteiger partial charge on any atom is 0.253 e. The Hall–Kier alpha value is -2.41. The number of ether oxygens (including phenoxy) is 1. The van der Waals surface area contributed by atoms with Crippen LogP contribution >= 0.6 is 11.6 Å². The Morgan fingerprint density at radius 1 is 0.941 bits per heavy atom. The predicted molar refractivity (Wildman–Crippen MR) is 135 cm³/mol. The molecule has 0 radical (unpaired) electrons. The molecule has 182 valence electrons. The van der Waals surface area contributed by atoms with E-state index in [1.54, 1.807) is 24.3 Å². The van der Waals surface area contributed by atoms with E-state index in [1.165, 1.54) is 19.4 Å². The van der Waals surface area contributed by atoms with E-state index in [9.17, 15) is 9.59 Å². The average molecular weight is 484 g/mol. The topological polar surface area (TPSA) is 53.1 Å². The summed E-state index contributed by atoms with van der Waals surface area (Å²) in [5, 5.41) is 0.617. The summed E-state index contributed by atoms with van der Waals surface area (Å²) >= 11 is 5.91. The van der Waals surface area contributed by atoms with Crippen LogP contribution in [0.1, 0.15) is 46.9 Å². The lowest BCUT2D eigenvalue weighted by Crippen LogP contribution is -2.49. The number of Topliss-reactive ketones (excluding diaryl/α,β-unsaturated/α-hetero) is 1. The van der Waals surface area contributed by atoms with E-state index in [-0.39, 0.29) is 11.7 Å². The predicted octanol–water partition coefficient (Wildman–Crippen LogP) is 4.23. The zero-order chi connectivity index (χ0) is 23.9. The highest BCUT2D eigenvalue weighted by atomic mass is 35.5. The molecule has 0 saturated carbocycles. The molecule has 7 heteroatoms. The highest BCUT2D eigenvalue weighted by Crippen LogP contribution is 2.18. The summed E-state index contributed by atoms with van der Waals surface area (Å²) in [6.45, 7) is 8.21. The van der Waals surface area contributed by atoms with E-state index in [0.717, 1.165) is 18.7 Å². The largest absolute Gasteiger partial charge is 0.494 e. The summed E-state index contributed by atoms with van der Waals surface area (Å²) < 4.78 is 5.87. The molecule has 2 aromatic rings. The lowest BCUT2D eigenvalue weighted by Gasteiger charge is -2.34. The van der Waals surface area contributed by atoms with Crippen LogP contribution in [0.25, 0.3) is 0 Å². The highest BCUT2D eigenvalue weighted by Gasteiger charge is 2.24. The normalized spacial score (nSPS) is 19.4. The van der Waals surface area contributed by atoms with E-state index in [2.05, 4.69) is 16.7 Å². The molecule has 0 N–H and O–H groups in total. The number of likely N-dealkylation sites (tertiary alicyclic amines) is 1. The molecule has 2 aliphatic heterocycles. The SMILES string of the molecule is C[C@@H]1CCCN1CCCOc1ccc(C(=O)CN2CCN(C(=O)c3ccc(Cl)cc3)CC2)cc1. The molecule has 1 atom stereocenters. The van der Waals surface area contributed by atoms with Gasteiger partial charge < -0.3 is 14.5 Å². The van der Waals surface area contributed by atoms with Crippen molar-refractivity contribution < 1.29 is 14.3 Å². The first-order valence-electron chi connectivity index (χ1n) is 12.3. The molecule has 2 aromatic carbocycles. The molecule has 6 nitrogen and oxygen atoms in total. The Kier molecular flexibility index (Phi) is 8.59. The maximum absolute atomic E-state index is 12.8. The van der Waals surface area contributed by atoms with Crippen LogP contribution in [0.15, 0.2) is 48.5 Å². The summed E-state index contributed by atoms with van der Waals surface area (Å²) in [6, 6.07) is 15.1. The maximum atomic E-state index is 12.8. The van der Waals surface area contributed by atoms with E-state index in [1.807, 2.05) is 29.2 Å².